The molecule has 0 saturated heterocycles. The van der Waals surface area contributed by atoms with Gasteiger partial charge in [-0.25, -0.2) is 4.98 Å². The number of fused-ring (bicyclic) bond motifs is 3. The summed E-state index contributed by atoms with van der Waals surface area (Å²) < 4.78 is 10.9. The third kappa shape index (κ3) is 7.20. The average molecular weight is 896 g/mol. The van der Waals surface area contributed by atoms with E-state index in [9.17, 15) is 0 Å². The molecule has 0 radical (unpaired) electrons. The molecule has 5 nitrogen and oxygen atoms in total. The second-order valence-corrected chi connectivity index (χ2v) is 17.8. The molecule has 280 valence electrons. The van der Waals surface area contributed by atoms with Gasteiger partial charge in [0, 0.05) is 34.5 Å². The van der Waals surface area contributed by atoms with Crippen LogP contribution in [0.4, 0.5) is 0 Å². The maximum absolute atomic E-state index is 6.71. The molecule has 0 atom stereocenters. The number of pyridine rings is 1. The van der Waals surface area contributed by atoms with Crippen LogP contribution in [0.1, 0.15) is 102 Å². The van der Waals surface area contributed by atoms with Gasteiger partial charge in [-0.05, 0) is 101 Å². The van der Waals surface area contributed by atoms with Crippen molar-refractivity contribution < 1.29 is 25.8 Å². The van der Waals surface area contributed by atoms with Crippen molar-refractivity contribution in [1.82, 2.24) is 19.3 Å². The molecule has 0 amide bonds. The summed E-state index contributed by atoms with van der Waals surface area (Å²) >= 11 is 0. The Labute approximate surface area is 336 Å². The molecule has 54 heavy (non-hydrogen) atoms. The van der Waals surface area contributed by atoms with Crippen molar-refractivity contribution in [1.29, 1.82) is 0 Å². The van der Waals surface area contributed by atoms with Gasteiger partial charge in [0.05, 0.1) is 5.69 Å². The third-order valence-electron chi connectivity index (χ3n) is 10.5. The Morgan fingerprint density at radius 2 is 1.24 bits per heavy atom. The van der Waals surface area contributed by atoms with E-state index in [1.54, 1.807) is 0 Å². The topological polar surface area (TPSA) is 44.9 Å². The second kappa shape index (κ2) is 14.0. The molecule has 3 heterocycles. The number of benzene rings is 4. The number of para-hydroxylation sites is 1. The number of nitrogens with zero attached hydrogens (tertiary/aromatic N) is 4. The SMILES string of the molecule is Cc1cc(C(C)(C)C)cc(C)c1-c1c(C)nn(-c2[c-]c(Oc3[c-]c4c(cc3)c3ccccc3n4-c3cc(C(C)(C)C)ccn3)cc(C(C)(C)C)c2)c1C.[Pt+2]. The predicted octanol–water partition coefficient (Wildman–Crippen LogP) is 12.5. The van der Waals surface area contributed by atoms with Crippen LogP contribution < -0.4 is 4.74 Å². The molecule has 0 spiro atoms. The van der Waals surface area contributed by atoms with Crippen molar-refractivity contribution in [3.63, 3.8) is 0 Å². The first-order valence-corrected chi connectivity index (χ1v) is 18.7. The summed E-state index contributed by atoms with van der Waals surface area (Å²) in [5.41, 5.74) is 13.5. The summed E-state index contributed by atoms with van der Waals surface area (Å²) in [6.07, 6.45) is 1.90. The fraction of sp³-hybridized carbons (Fsp3) is 0.333. The van der Waals surface area contributed by atoms with E-state index in [1.165, 1.54) is 33.4 Å². The molecule has 0 aliphatic carbocycles. The Morgan fingerprint density at radius 1 is 0.611 bits per heavy atom. The number of rotatable bonds is 5. The van der Waals surface area contributed by atoms with Crippen molar-refractivity contribution in [3.05, 3.63) is 130 Å². The Kier molecular flexibility index (Phi) is 10.2. The van der Waals surface area contributed by atoms with Crippen LogP contribution in [0.15, 0.2) is 79.0 Å². The van der Waals surface area contributed by atoms with Crippen LogP contribution in [0.2, 0.25) is 0 Å². The van der Waals surface area contributed by atoms with E-state index in [1.807, 2.05) is 16.9 Å². The van der Waals surface area contributed by atoms with Gasteiger partial charge in [-0.3, -0.25) is 4.68 Å². The van der Waals surface area contributed by atoms with Crippen molar-refractivity contribution in [2.75, 3.05) is 0 Å². The molecule has 0 aliphatic rings. The smallest absolute Gasteiger partial charge is 0.509 e. The van der Waals surface area contributed by atoms with Crippen LogP contribution in [-0.2, 0) is 37.3 Å². The zero-order chi connectivity index (χ0) is 38.2. The average Bonchev–Trinajstić information content (AvgIpc) is 3.56. The maximum Gasteiger partial charge on any atom is 2.00 e. The molecule has 0 fully saturated rings. The largest absolute Gasteiger partial charge is 2.00 e. The minimum absolute atomic E-state index is 0. The normalized spacial score (nSPS) is 12.4. The number of aryl methyl sites for hydroxylation is 3. The quantitative estimate of drug-likeness (QED) is 0.162. The van der Waals surface area contributed by atoms with Crippen molar-refractivity contribution >= 4 is 21.8 Å². The molecule has 0 unspecified atom stereocenters. The number of hydrogen-bond acceptors (Lipinski definition) is 3. The van der Waals surface area contributed by atoms with Crippen molar-refractivity contribution in [3.8, 4) is 34.1 Å². The molecule has 0 N–H and O–H groups in total. The van der Waals surface area contributed by atoms with Crippen LogP contribution in [0.5, 0.6) is 11.5 Å². The van der Waals surface area contributed by atoms with Crippen LogP contribution in [0, 0.1) is 39.8 Å². The summed E-state index contributed by atoms with van der Waals surface area (Å²) in [5, 5.41) is 7.37. The van der Waals surface area contributed by atoms with E-state index in [4.69, 9.17) is 14.8 Å². The number of ether oxygens (including phenoxy) is 1. The van der Waals surface area contributed by atoms with Gasteiger partial charge >= 0.3 is 21.1 Å². The summed E-state index contributed by atoms with van der Waals surface area (Å²) in [7, 11) is 0. The molecular formula is C48H52N4OPt. The number of aromatic nitrogens is 4. The first-order chi connectivity index (χ1) is 24.8. The minimum Gasteiger partial charge on any atom is -0.509 e. The standard InChI is InChI=1S/C48H52N4O.Pt/c1-29-22-34(47(8,9)10)23-30(2)44(29)45-31(3)50-52(32(45)4)36-24-35(48(11,12)13)25-38(27-36)53-37-18-19-40-39-16-14-15-17-41(39)51(42(40)28-37)43-26-33(20-21-49-43)46(5,6)7;/h14-26H,1-13H3;/q-2;+2. The van der Waals surface area contributed by atoms with Crippen LogP contribution in [0.3, 0.4) is 0 Å². The van der Waals surface area contributed by atoms with Crippen molar-refractivity contribution in [2.45, 2.75) is 106 Å². The van der Waals surface area contributed by atoms with Gasteiger partial charge in [-0.1, -0.05) is 98.2 Å². The van der Waals surface area contributed by atoms with Gasteiger partial charge in [0.15, 0.2) is 0 Å². The molecule has 0 bridgehead atoms. The number of hydrogen-bond donors (Lipinski definition) is 0. The Morgan fingerprint density at radius 3 is 1.89 bits per heavy atom. The van der Waals surface area contributed by atoms with E-state index in [0.29, 0.717) is 11.5 Å². The molecule has 6 heteroatoms. The van der Waals surface area contributed by atoms with E-state index in [2.05, 4.69) is 173 Å². The molecule has 4 aromatic carbocycles. The minimum atomic E-state index is -0.138. The maximum atomic E-state index is 6.71. The second-order valence-electron chi connectivity index (χ2n) is 17.8. The van der Waals surface area contributed by atoms with Crippen LogP contribution in [0.25, 0.3) is 44.4 Å². The summed E-state index contributed by atoms with van der Waals surface area (Å²) in [4.78, 5) is 4.84. The molecule has 0 saturated carbocycles. The molecule has 7 rings (SSSR count). The summed E-state index contributed by atoms with van der Waals surface area (Å²) in [6, 6.07) is 33.1. The van der Waals surface area contributed by atoms with Gasteiger partial charge < -0.3 is 9.30 Å². The fourth-order valence-electron chi connectivity index (χ4n) is 7.46. The molecule has 7 aromatic rings. The summed E-state index contributed by atoms with van der Waals surface area (Å²) in [5.74, 6) is 2.09. The van der Waals surface area contributed by atoms with E-state index < -0.39 is 0 Å². The third-order valence-corrected chi connectivity index (χ3v) is 10.5. The Balaban J connectivity index is 0.00000497. The van der Waals surface area contributed by atoms with Gasteiger partial charge in [0.2, 0.25) is 0 Å². The predicted molar refractivity (Wildman–Crippen MR) is 220 cm³/mol. The van der Waals surface area contributed by atoms with E-state index >= 15 is 0 Å². The van der Waals surface area contributed by atoms with E-state index in [0.717, 1.165) is 50.3 Å². The monoisotopic (exact) mass is 895 g/mol. The van der Waals surface area contributed by atoms with Gasteiger partial charge in [0.1, 0.15) is 5.82 Å². The zero-order valence-electron chi connectivity index (χ0n) is 34.0. The van der Waals surface area contributed by atoms with Crippen LogP contribution >= 0.6 is 0 Å². The first-order valence-electron chi connectivity index (χ1n) is 18.7. The molecular weight excluding hydrogens is 844 g/mol. The Bertz CT molecular complexity index is 2510. The fourth-order valence-corrected chi connectivity index (χ4v) is 7.46. The molecule has 3 aromatic heterocycles. The van der Waals surface area contributed by atoms with Crippen molar-refractivity contribution in [2.24, 2.45) is 0 Å². The zero-order valence-corrected chi connectivity index (χ0v) is 36.3. The van der Waals surface area contributed by atoms with Gasteiger partial charge in [0.25, 0.3) is 0 Å². The van der Waals surface area contributed by atoms with Gasteiger partial charge in [-0.15, -0.1) is 41.3 Å². The van der Waals surface area contributed by atoms with E-state index in [-0.39, 0.29) is 37.3 Å². The molecule has 0 aliphatic heterocycles. The summed E-state index contributed by atoms with van der Waals surface area (Å²) in [6.45, 7) is 28.9. The Hall–Kier alpha value is -4.47. The van der Waals surface area contributed by atoms with Crippen LogP contribution in [-0.4, -0.2) is 19.3 Å². The van der Waals surface area contributed by atoms with Gasteiger partial charge in [-0.2, -0.15) is 11.2 Å². The first kappa shape index (κ1) is 39.2.